The minimum Gasteiger partial charge on any atom is -0.390 e. The molecular formula is C10H16F2N4O2S. The number of nitrogens with zero attached hydrogens (tertiary/aromatic N) is 1. The lowest BCUT2D eigenvalue weighted by molar-refractivity contribution is -0.0461. The summed E-state index contributed by atoms with van der Waals surface area (Å²) in [4.78, 5) is 15.7. The van der Waals surface area contributed by atoms with Crippen molar-refractivity contribution < 1.29 is 18.7 Å². The molecule has 19 heavy (non-hydrogen) atoms. The van der Waals surface area contributed by atoms with E-state index in [0.717, 1.165) is 11.3 Å². The maximum absolute atomic E-state index is 12.8. The van der Waals surface area contributed by atoms with Crippen LogP contribution in [0.15, 0.2) is 0 Å². The fraction of sp³-hybridized carbons (Fsp3) is 0.600. The highest BCUT2D eigenvalue weighted by Gasteiger charge is 2.29. The summed E-state index contributed by atoms with van der Waals surface area (Å²) in [7, 11) is 0. The van der Waals surface area contributed by atoms with Gasteiger partial charge in [0.25, 0.3) is 11.8 Å². The molecule has 0 aliphatic heterocycles. The van der Waals surface area contributed by atoms with E-state index in [1.54, 1.807) is 0 Å². The highest BCUT2D eigenvalue weighted by Crippen LogP contribution is 2.25. The minimum atomic E-state index is -3.35. The summed E-state index contributed by atoms with van der Waals surface area (Å²) in [5, 5.41) is 13.8. The molecule has 0 bridgehead atoms. The van der Waals surface area contributed by atoms with Gasteiger partial charge in [-0.05, 0) is 13.8 Å². The fourth-order valence-corrected chi connectivity index (χ4v) is 2.10. The highest BCUT2D eigenvalue weighted by molar-refractivity contribution is 7.18. The SMILES string of the molecule is CC(C)Nc1nc(N)c(C(=O)NCC(F)(F)CO)s1. The molecule has 0 radical (unpaired) electrons. The molecule has 0 saturated heterocycles. The summed E-state index contributed by atoms with van der Waals surface area (Å²) in [5.41, 5.74) is 5.55. The van der Waals surface area contributed by atoms with Crippen LogP contribution < -0.4 is 16.4 Å². The van der Waals surface area contributed by atoms with E-state index in [0.29, 0.717) is 5.13 Å². The first-order chi connectivity index (χ1) is 8.75. The smallest absolute Gasteiger partial charge is 0.287 e. The molecule has 0 unspecified atom stereocenters. The third kappa shape index (κ3) is 4.60. The predicted octanol–water partition coefficient (Wildman–Crippen LogP) is 0.903. The van der Waals surface area contributed by atoms with Crippen LogP contribution in [0.4, 0.5) is 19.7 Å². The summed E-state index contributed by atoms with van der Waals surface area (Å²) < 4.78 is 25.6. The number of amides is 1. The molecule has 0 fully saturated rings. The van der Waals surface area contributed by atoms with Crippen molar-refractivity contribution in [1.82, 2.24) is 10.3 Å². The van der Waals surface area contributed by atoms with Crippen LogP contribution in [0.5, 0.6) is 0 Å². The lowest BCUT2D eigenvalue weighted by Crippen LogP contribution is -2.38. The Kier molecular flexibility index (Phi) is 5.01. The second-order valence-electron chi connectivity index (χ2n) is 4.23. The third-order valence-corrected chi connectivity index (χ3v) is 3.01. The number of halogens is 2. The van der Waals surface area contributed by atoms with Crippen molar-refractivity contribution >= 4 is 28.2 Å². The zero-order valence-electron chi connectivity index (χ0n) is 10.5. The van der Waals surface area contributed by atoms with Crippen molar-refractivity contribution in [3.05, 3.63) is 4.88 Å². The number of anilines is 2. The Bertz CT molecular complexity index is 451. The number of nitrogens with two attached hydrogens (primary N) is 1. The molecule has 0 atom stereocenters. The number of aromatic nitrogens is 1. The molecule has 0 saturated carbocycles. The molecule has 6 nitrogen and oxygen atoms in total. The van der Waals surface area contributed by atoms with Gasteiger partial charge in [0, 0.05) is 6.04 Å². The van der Waals surface area contributed by atoms with Gasteiger partial charge in [-0.15, -0.1) is 0 Å². The molecule has 1 aromatic heterocycles. The Labute approximate surface area is 113 Å². The Balaban J connectivity index is 2.69. The Morgan fingerprint density at radius 1 is 1.58 bits per heavy atom. The topological polar surface area (TPSA) is 100 Å². The Hall–Kier alpha value is -1.48. The zero-order chi connectivity index (χ0) is 14.6. The number of thiazole rings is 1. The molecule has 0 aromatic carbocycles. The predicted molar refractivity (Wildman–Crippen MR) is 69.7 cm³/mol. The Morgan fingerprint density at radius 3 is 2.74 bits per heavy atom. The molecule has 0 aliphatic rings. The highest BCUT2D eigenvalue weighted by atomic mass is 32.1. The largest absolute Gasteiger partial charge is 0.390 e. The molecule has 1 heterocycles. The first-order valence-corrected chi connectivity index (χ1v) is 6.36. The van der Waals surface area contributed by atoms with E-state index in [2.05, 4.69) is 10.3 Å². The molecule has 1 amide bonds. The standard InChI is InChI=1S/C10H16F2N4O2S/c1-5(2)15-9-16-7(13)6(19-9)8(18)14-3-10(11,12)4-17/h5,17H,3-4,13H2,1-2H3,(H,14,18)(H,15,16). The number of carbonyl (C=O) groups excluding carboxylic acids is 1. The van der Waals surface area contributed by atoms with Crippen LogP contribution in [0.3, 0.4) is 0 Å². The molecule has 5 N–H and O–H groups in total. The summed E-state index contributed by atoms with van der Waals surface area (Å²) in [6.45, 7) is 1.50. The van der Waals surface area contributed by atoms with Crippen LogP contribution in [-0.4, -0.2) is 41.1 Å². The quantitative estimate of drug-likeness (QED) is 0.624. The van der Waals surface area contributed by atoms with Gasteiger partial charge < -0.3 is 21.5 Å². The van der Waals surface area contributed by atoms with Gasteiger partial charge in [0.15, 0.2) is 5.13 Å². The normalized spacial score (nSPS) is 11.7. The average Bonchev–Trinajstić information content (AvgIpc) is 2.66. The Morgan fingerprint density at radius 2 is 2.21 bits per heavy atom. The van der Waals surface area contributed by atoms with Crippen molar-refractivity contribution in [1.29, 1.82) is 0 Å². The van der Waals surface area contributed by atoms with E-state index in [9.17, 15) is 13.6 Å². The number of hydrogen-bond donors (Lipinski definition) is 4. The lowest BCUT2D eigenvalue weighted by atomic mass is 10.3. The van der Waals surface area contributed by atoms with E-state index in [-0.39, 0.29) is 16.7 Å². The van der Waals surface area contributed by atoms with Crippen LogP contribution in [0, 0.1) is 0 Å². The number of rotatable bonds is 6. The number of nitrogen functional groups attached to an aromatic ring is 1. The van der Waals surface area contributed by atoms with Gasteiger partial charge >= 0.3 is 0 Å². The molecule has 0 aliphatic carbocycles. The monoisotopic (exact) mass is 294 g/mol. The van der Waals surface area contributed by atoms with E-state index < -0.39 is 25.0 Å². The van der Waals surface area contributed by atoms with Gasteiger partial charge in [-0.3, -0.25) is 4.79 Å². The maximum atomic E-state index is 12.8. The summed E-state index contributed by atoms with van der Waals surface area (Å²) >= 11 is 0.987. The van der Waals surface area contributed by atoms with Crippen LogP contribution in [0.2, 0.25) is 0 Å². The summed E-state index contributed by atoms with van der Waals surface area (Å²) in [5.74, 6) is -4.11. The minimum absolute atomic E-state index is 0.0158. The van der Waals surface area contributed by atoms with Crippen molar-refractivity contribution in [3.63, 3.8) is 0 Å². The van der Waals surface area contributed by atoms with Gasteiger partial charge in [0.1, 0.15) is 17.3 Å². The number of hydrogen-bond acceptors (Lipinski definition) is 6. The maximum Gasteiger partial charge on any atom is 0.287 e. The van der Waals surface area contributed by atoms with E-state index >= 15 is 0 Å². The molecule has 1 aromatic rings. The van der Waals surface area contributed by atoms with Crippen LogP contribution in [-0.2, 0) is 0 Å². The zero-order valence-corrected chi connectivity index (χ0v) is 11.4. The molecular weight excluding hydrogens is 278 g/mol. The van der Waals surface area contributed by atoms with Gasteiger partial charge in [-0.25, -0.2) is 13.8 Å². The van der Waals surface area contributed by atoms with Crippen molar-refractivity contribution in [3.8, 4) is 0 Å². The van der Waals surface area contributed by atoms with E-state index in [1.807, 2.05) is 19.2 Å². The number of aliphatic hydroxyl groups is 1. The van der Waals surface area contributed by atoms with Gasteiger partial charge in [0.2, 0.25) is 0 Å². The molecule has 0 spiro atoms. The van der Waals surface area contributed by atoms with Crippen LogP contribution in [0.25, 0.3) is 0 Å². The number of nitrogens with one attached hydrogen (secondary N) is 2. The number of aliphatic hydroxyl groups excluding tert-OH is 1. The van der Waals surface area contributed by atoms with E-state index in [4.69, 9.17) is 10.8 Å². The van der Waals surface area contributed by atoms with Crippen molar-refractivity contribution in [2.75, 3.05) is 24.2 Å². The van der Waals surface area contributed by atoms with Crippen molar-refractivity contribution in [2.24, 2.45) is 0 Å². The first-order valence-electron chi connectivity index (χ1n) is 5.55. The van der Waals surface area contributed by atoms with Crippen LogP contribution in [0.1, 0.15) is 23.5 Å². The number of alkyl halides is 2. The lowest BCUT2D eigenvalue weighted by Gasteiger charge is -2.13. The van der Waals surface area contributed by atoms with Gasteiger partial charge in [-0.1, -0.05) is 11.3 Å². The van der Waals surface area contributed by atoms with Crippen molar-refractivity contribution in [2.45, 2.75) is 25.8 Å². The second-order valence-corrected chi connectivity index (χ2v) is 5.23. The first kappa shape index (κ1) is 15.6. The average molecular weight is 294 g/mol. The molecule has 108 valence electrons. The number of carbonyl (C=O) groups is 1. The summed E-state index contributed by atoms with van der Waals surface area (Å²) in [6, 6.07) is 0.111. The summed E-state index contributed by atoms with van der Waals surface area (Å²) in [6.07, 6.45) is 0. The fourth-order valence-electron chi connectivity index (χ4n) is 1.15. The van der Waals surface area contributed by atoms with E-state index in [1.165, 1.54) is 0 Å². The van der Waals surface area contributed by atoms with Gasteiger partial charge in [-0.2, -0.15) is 0 Å². The van der Waals surface area contributed by atoms with Crippen LogP contribution >= 0.6 is 11.3 Å². The second kappa shape index (κ2) is 6.11. The molecule has 1 rings (SSSR count). The molecule has 9 heteroatoms. The third-order valence-electron chi connectivity index (χ3n) is 2.01. The van der Waals surface area contributed by atoms with Gasteiger partial charge in [0.05, 0.1) is 6.54 Å².